The van der Waals surface area contributed by atoms with Gasteiger partial charge in [0, 0.05) is 16.9 Å². The zero-order chi connectivity index (χ0) is 16.6. The summed E-state index contributed by atoms with van der Waals surface area (Å²) in [4.78, 5) is 4.62. The highest BCUT2D eigenvalue weighted by molar-refractivity contribution is 5.88. The Morgan fingerprint density at radius 2 is 1.91 bits per heavy atom. The summed E-state index contributed by atoms with van der Waals surface area (Å²) in [6, 6.07) is 11.9. The third kappa shape index (κ3) is 2.86. The van der Waals surface area contributed by atoms with Gasteiger partial charge in [0.05, 0.1) is 12.3 Å². The highest BCUT2D eigenvalue weighted by Gasteiger charge is 2.20. The molecule has 0 aliphatic heterocycles. The summed E-state index contributed by atoms with van der Waals surface area (Å²) in [5, 5.41) is 6.67. The van der Waals surface area contributed by atoms with Gasteiger partial charge in [-0.3, -0.25) is 0 Å². The van der Waals surface area contributed by atoms with Crippen LogP contribution in [-0.2, 0) is 5.41 Å². The Balaban J connectivity index is 2.19. The van der Waals surface area contributed by atoms with Crippen LogP contribution in [0, 0.1) is 0 Å². The lowest BCUT2D eigenvalue weighted by Crippen LogP contribution is -2.13. The summed E-state index contributed by atoms with van der Waals surface area (Å²) in [6.45, 7) is 8.83. The zero-order valence-corrected chi connectivity index (χ0v) is 14.0. The van der Waals surface area contributed by atoms with E-state index in [9.17, 15) is 0 Å². The third-order valence-corrected chi connectivity index (χ3v) is 3.70. The van der Waals surface area contributed by atoms with E-state index in [4.69, 9.17) is 10.5 Å². The van der Waals surface area contributed by atoms with Gasteiger partial charge in [-0.05, 0) is 24.4 Å². The van der Waals surface area contributed by atoms with Gasteiger partial charge in [0.25, 0.3) is 0 Å². The topological polar surface area (TPSA) is 66.0 Å². The molecule has 5 nitrogen and oxygen atoms in total. The van der Waals surface area contributed by atoms with E-state index in [1.807, 2.05) is 43.3 Å². The van der Waals surface area contributed by atoms with Crippen molar-refractivity contribution >= 4 is 16.6 Å². The summed E-state index contributed by atoms with van der Waals surface area (Å²) in [5.41, 5.74) is 7.02. The van der Waals surface area contributed by atoms with Crippen molar-refractivity contribution in [2.75, 3.05) is 12.3 Å². The van der Waals surface area contributed by atoms with E-state index >= 15 is 0 Å². The van der Waals surface area contributed by atoms with Crippen LogP contribution < -0.4 is 10.5 Å². The first-order chi connectivity index (χ1) is 10.9. The Morgan fingerprint density at radius 3 is 2.57 bits per heavy atom. The predicted molar refractivity (Wildman–Crippen MR) is 93.1 cm³/mol. The van der Waals surface area contributed by atoms with Crippen molar-refractivity contribution < 1.29 is 4.74 Å². The van der Waals surface area contributed by atoms with Gasteiger partial charge in [-0.2, -0.15) is 14.8 Å². The highest BCUT2D eigenvalue weighted by atomic mass is 16.5. The number of benzene rings is 1. The Morgan fingerprint density at radius 1 is 1.17 bits per heavy atom. The largest absolute Gasteiger partial charge is 0.477 e. The molecule has 2 aromatic heterocycles. The maximum atomic E-state index is 6.16. The van der Waals surface area contributed by atoms with E-state index in [0.29, 0.717) is 24.1 Å². The first-order valence-corrected chi connectivity index (χ1v) is 7.79. The summed E-state index contributed by atoms with van der Waals surface area (Å²) in [7, 11) is 0. The normalized spacial score (nSPS) is 11.8. The van der Waals surface area contributed by atoms with E-state index in [1.165, 1.54) is 0 Å². The molecule has 0 radical (unpaired) electrons. The first-order valence-electron chi connectivity index (χ1n) is 7.79. The molecule has 23 heavy (non-hydrogen) atoms. The fourth-order valence-electron chi connectivity index (χ4n) is 2.45. The number of hydrogen-bond acceptors (Lipinski definition) is 4. The molecule has 0 saturated carbocycles. The smallest absolute Gasteiger partial charge is 0.223 e. The zero-order valence-electron chi connectivity index (χ0n) is 14.0. The molecular formula is C18H22N4O. The van der Waals surface area contributed by atoms with Crippen molar-refractivity contribution in [2.24, 2.45) is 0 Å². The molecule has 5 heteroatoms. The van der Waals surface area contributed by atoms with E-state index in [2.05, 4.69) is 30.9 Å². The molecule has 120 valence electrons. The minimum absolute atomic E-state index is 0.0705. The highest BCUT2D eigenvalue weighted by Crippen LogP contribution is 2.28. The Bertz CT molecular complexity index is 846. The lowest BCUT2D eigenvalue weighted by atomic mass is 9.92. The van der Waals surface area contributed by atoms with Gasteiger partial charge >= 0.3 is 0 Å². The molecule has 2 heterocycles. The average molecular weight is 310 g/mol. The van der Waals surface area contributed by atoms with Crippen molar-refractivity contribution in [3.63, 3.8) is 0 Å². The van der Waals surface area contributed by atoms with Gasteiger partial charge in [0.1, 0.15) is 5.82 Å². The number of pyridine rings is 1. The van der Waals surface area contributed by atoms with Gasteiger partial charge in [-0.15, -0.1) is 0 Å². The second-order valence-corrected chi connectivity index (χ2v) is 6.56. The van der Waals surface area contributed by atoms with Crippen molar-refractivity contribution in [1.29, 1.82) is 0 Å². The van der Waals surface area contributed by atoms with Crippen molar-refractivity contribution in [2.45, 2.75) is 33.1 Å². The second-order valence-electron chi connectivity index (χ2n) is 6.56. The van der Waals surface area contributed by atoms with Gasteiger partial charge in [0.2, 0.25) is 5.88 Å². The summed E-state index contributed by atoms with van der Waals surface area (Å²) < 4.78 is 7.38. The molecule has 0 atom stereocenters. The van der Waals surface area contributed by atoms with Crippen LogP contribution >= 0.6 is 0 Å². The molecule has 0 unspecified atom stereocenters. The Labute approximate surface area is 136 Å². The fourth-order valence-corrected chi connectivity index (χ4v) is 2.45. The number of anilines is 1. The number of aromatic nitrogens is 3. The van der Waals surface area contributed by atoms with Crippen molar-refractivity contribution in [3.8, 4) is 11.7 Å². The van der Waals surface area contributed by atoms with E-state index in [1.54, 1.807) is 4.68 Å². The molecule has 3 rings (SSSR count). The van der Waals surface area contributed by atoms with Crippen LogP contribution in [0.1, 0.15) is 33.4 Å². The maximum absolute atomic E-state index is 6.16. The van der Waals surface area contributed by atoms with E-state index < -0.39 is 0 Å². The van der Waals surface area contributed by atoms with Crippen molar-refractivity contribution in [3.05, 3.63) is 42.1 Å². The van der Waals surface area contributed by atoms with Crippen LogP contribution in [0.25, 0.3) is 16.6 Å². The van der Waals surface area contributed by atoms with Crippen LogP contribution in [0.5, 0.6) is 5.88 Å². The lowest BCUT2D eigenvalue weighted by Gasteiger charge is -2.14. The standard InChI is InChI=1S/C18H22N4O/c1-5-23-17-13-9-7-6-8-12(13)10-16(20-17)22-15(19)11-14(21-22)18(2,3)4/h6-11H,5,19H2,1-4H3. The number of fused-ring (bicyclic) bond motifs is 1. The summed E-state index contributed by atoms with van der Waals surface area (Å²) >= 11 is 0. The minimum atomic E-state index is -0.0705. The van der Waals surface area contributed by atoms with Gasteiger partial charge < -0.3 is 10.5 Å². The first kappa shape index (κ1) is 15.3. The van der Waals surface area contributed by atoms with Crippen molar-refractivity contribution in [1.82, 2.24) is 14.8 Å². The number of nitrogens with zero attached hydrogens (tertiary/aromatic N) is 3. The SMILES string of the molecule is CCOc1nc(-n2nc(C(C)(C)C)cc2N)cc2ccccc12. The molecule has 0 saturated heterocycles. The van der Waals surface area contributed by atoms with Crippen LogP contribution in [-0.4, -0.2) is 21.4 Å². The Hall–Kier alpha value is -2.56. The van der Waals surface area contributed by atoms with Gasteiger partial charge in [-0.25, -0.2) is 0 Å². The monoisotopic (exact) mass is 310 g/mol. The number of hydrogen-bond donors (Lipinski definition) is 1. The number of nitrogens with two attached hydrogens (primary N) is 1. The lowest BCUT2D eigenvalue weighted by molar-refractivity contribution is 0.331. The van der Waals surface area contributed by atoms with Crippen LogP contribution in [0.15, 0.2) is 36.4 Å². The second kappa shape index (κ2) is 5.57. The number of ether oxygens (including phenoxy) is 1. The van der Waals surface area contributed by atoms with Crippen LogP contribution in [0.2, 0.25) is 0 Å². The summed E-state index contributed by atoms with van der Waals surface area (Å²) in [6.07, 6.45) is 0. The maximum Gasteiger partial charge on any atom is 0.223 e. The Kier molecular flexibility index (Phi) is 3.72. The molecule has 0 aliphatic carbocycles. The quantitative estimate of drug-likeness (QED) is 0.801. The molecule has 1 aromatic carbocycles. The minimum Gasteiger partial charge on any atom is -0.477 e. The molecule has 3 aromatic rings. The molecule has 0 aliphatic rings. The molecule has 2 N–H and O–H groups in total. The predicted octanol–water partition coefficient (Wildman–Crippen LogP) is 3.70. The summed E-state index contributed by atoms with van der Waals surface area (Å²) in [5.74, 6) is 1.84. The fraction of sp³-hybridized carbons (Fsp3) is 0.333. The third-order valence-electron chi connectivity index (χ3n) is 3.70. The van der Waals surface area contributed by atoms with Gasteiger partial charge in [0.15, 0.2) is 5.82 Å². The van der Waals surface area contributed by atoms with Crippen LogP contribution in [0.3, 0.4) is 0 Å². The number of rotatable bonds is 3. The number of nitrogen functional groups attached to an aromatic ring is 1. The van der Waals surface area contributed by atoms with E-state index in [0.717, 1.165) is 16.5 Å². The molecule has 0 spiro atoms. The average Bonchev–Trinajstić information content (AvgIpc) is 2.89. The molecule has 0 fully saturated rings. The molecule has 0 amide bonds. The van der Waals surface area contributed by atoms with Gasteiger partial charge in [-0.1, -0.05) is 39.0 Å². The van der Waals surface area contributed by atoms with E-state index in [-0.39, 0.29) is 5.41 Å². The molecular weight excluding hydrogens is 288 g/mol. The molecule has 0 bridgehead atoms. The van der Waals surface area contributed by atoms with Crippen LogP contribution in [0.4, 0.5) is 5.82 Å².